The lowest BCUT2D eigenvalue weighted by Gasteiger charge is -2.08. The molecule has 0 bridgehead atoms. The zero-order chi connectivity index (χ0) is 18.7. The summed E-state index contributed by atoms with van der Waals surface area (Å²) in [7, 11) is 0. The van der Waals surface area contributed by atoms with E-state index in [2.05, 4.69) is 19.9 Å². The van der Waals surface area contributed by atoms with E-state index < -0.39 is 11.9 Å². The molecule has 0 aliphatic carbocycles. The zero-order valence-corrected chi connectivity index (χ0v) is 14.5. The highest BCUT2D eigenvalue weighted by molar-refractivity contribution is 5.91. The van der Waals surface area contributed by atoms with E-state index in [1.165, 1.54) is 29.1 Å². The molecule has 3 aromatic rings. The fraction of sp³-hybridized carbons (Fsp3) is 0.0667. The lowest BCUT2D eigenvalue weighted by atomic mass is 10.2. The normalized spacial score (nSPS) is 10.1. The first kappa shape index (κ1) is 19.6. The molecule has 0 aliphatic rings. The maximum atomic E-state index is 12.3. The summed E-state index contributed by atoms with van der Waals surface area (Å²) in [4.78, 5) is 38.6. The molecule has 3 aromatic heterocycles. The van der Waals surface area contributed by atoms with Crippen molar-refractivity contribution in [2.45, 2.75) is 6.42 Å². The van der Waals surface area contributed by atoms with Gasteiger partial charge in [-0.15, -0.1) is 12.4 Å². The van der Waals surface area contributed by atoms with Crippen molar-refractivity contribution < 1.29 is 19.4 Å². The first-order chi connectivity index (χ1) is 12.4. The first-order valence-corrected chi connectivity index (χ1v) is 7.24. The maximum absolute atomic E-state index is 12.3. The van der Waals surface area contributed by atoms with Crippen molar-refractivity contribution in [3.05, 3.63) is 48.2 Å². The fourth-order valence-electron chi connectivity index (χ4n) is 2.18. The summed E-state index contributed by atoms with van der Waals surface area (Å²) in [5.74, 6) is -1.72. The number of fused-ring (bicyclic) bond motifs is 1. The fourth-order valence-corrected chi connectivity index (χ4v) is 2.18. The van der Waals surface area contributed by atoms with Gasteiger partial charge in [-0.2, -0.15) is 4.99 Å². The number of ether oxygens (including phenoxy) is 1. The number of aliphatic carboxylic acids is 1. The Labute approximate surface area is 158 Å². The zero-order valence-electron chi connectivity index (χ0n) is 13.6. The number of aliphatic imine (C=N–C) groups is 1. The Balaban J connectivity index is 0.00000261. The van der Waals surface area contributed by atoms with E-state index in [-0.39, 0.29) is 42.0 Å². The topological polar surface area (TPSA) is 171 Å². The predicted octanol–water partition coefficient (Wildman–Crippen LogP) is 0.297. The molecule has 140 valence electrons. The summed E-state index contributed by atoms with van der Waals surface area (Å²) in [5.41, 5.74) is 11.3. The highest BCUT2D eigenvalue weighted by Gasteiger charge is 2.15. The molecule has 0 fully saturated rings. The van der Waals surface area contributed by atoms with Crippen LogP contribution in [0.25, 0.3) is 5.65 Å². The quantitative estimate of drug-likeness (QED) is 0.314. The van der Waals surface area contributed by atoms with Gasteiger partial charge in [-0.3, -0.25) is 4.79 Å². The van der Waals surface area contributed by atoms with Crippen molar-refractivity contribution in [2.24, 2.45) is 16.5 Å². The monoisotopic (exact) mass is 391 g/mol. The average molecular weight is 392 g/mol. The van der Waals surface area contributed by atoms with Crippen LogP contribution in [0.15, 0.2) is 41.9 Å². The Morgan fingerprint density at radius 2 is 1.89 bits per heavy atom. The molecule has 0 radical (unpaired) electrons. The molecule has 0 unspecified atom stereocenters. The van der Waals surface area contributed by atoms with Crippen molar-refractivity contribution in [1.29, 1.82) is 0 Å². The second-order valence-corrected chi connectivity index (χ2v) is 5.08. The summed E-state index contributed by atoms with van der Waals surface area (Å²) in [6.07, 6.45) is 5.31. The van der Waals surface area contributed by atoms with Gasteiger partial charge in [0.25, 0.3) is 5.95 Å². The maximum Gasteiger partial charge on any atom is 0.346 e. The van der Waals surface area contributed by atoms with Crippen LogP contribution in [0.3, 0.4) is 0 Å². The van der Waals surface area contributed by atoms with Crippen LogP contribution in [0.4, 0.5) is 5.95 Å². The van der Waals surface area contributed by atoms with Crippen LogP contribution in [-0.4, -0.2) is 42.4 Å². The third kappa shape index (κ3) is 4.46. The number of pyridine rings is 1. The number of guanidine groups is 1. The smallest absolute Gasteiger partial charge is 0.346 e. The lowest BCUT2D eigenvalue weighted by Crippen LogP contribution is -2.22. The number of carbonyl (C=O) groups is 2. The molecule has 0 saturated heterocycles. The molecule has 0 aliphatic heterocycles. The highest BCUT2D eigenvalue weighted by atomic mass is 35.5. The number of carboxylic acid groups (broad SMARTS) is 1. The number of hydrogen-bond acceptors (Lipinski definition) is 7. The lowest BCUT2D eigenvalue weighted by molar-refractivity contribution is -0.136. The third-order valence-corrected chi connectivity index (χ3v) is 3.24. The van der Waals surface area contributed by atoms with E-state index >= 15 is 0 Å². The SMILES string of the molecule is Cl.NC(N)=Nc1ncc(C(=O)Oc2ccc(CC(=O)O)n3ccnc23)cn1. The number of carbonyl (C=O) groups excluding carboxylic acids is 1. The van der Waals surface area contributed by atoms with E-state index in [4.69, 9.17) is 21.3 Å². The summed E-state index contributed by atoms with van der Waals surface area (Å²) >= 11 is 0. The number of nitrogens with two attached hydrogens (primary N) is 2. The average Bonchev–Trinajstić information content (AvgIpc) is 3.07. The molecular weight excluding hydrogens is 378 g/mol. The van der Waals surface area contributed by atoms with Crippen molar-refractivity contribution in [3.8, 4) is 5.75 Å². The second-order valence-electron chi connectivity index (χ2n) is 5.08. The van der Waals surface area contributed by atoms with Crippen LogP contribution < -0.4 is 16.2 Å². The van der Waals surface area contributed by atoms with Crippen molar-refractivity contribution in [2.75, 3.05) is 0 Å². The van der Waals surface area contributed by atoms with Crippen LogP contribution in [0.1, 0.15) is 16.1 Å². The van der Waals surface area contributed by atoms with Gasteiger partial charge in [-0.1, -0.05) is 0 Å². The number of aromatic nitrogens is 4. The Hall–Kier alpha value is -3.73. The van der Waals surface area contributed by atoms with Crippen molar-refractivity contribution in [1.82, 2.24) is 19.4 Å². The molecule has 12 heteroatoms. The Morgan fingerprint density at radius 1 is 1.19 bits per heavy atom. The van der Waals surface area contributed by atoms with E-state index in [0.29, 0.717) is 11.3 Å². The number of hydrogen-bond donors (Lipinski definition) is 3. The van der Waals surface area contributed by atoms with Crippen LogP contribution in [0.5, 0.6) is 5.75 Å². The molecule has 0 aromatic carbocycles. The van der Waals surface area contributed by atoms with Crippen molar-refractivity contribution in [3.63, 3.8) is 0 Å². The Morgan fingerprint density at radius 3 is 2.52 bits per heavy atom. The number of rotatable bonds is 5. The third-order valence-electron chi connectivity index (χ3n) is 3.24. The molecule has 0 saturated carbocycles. The number of nitrogens with zero attached hydrogens (tertiary/aromatic N) is 5. The number of imidazole rings is 1. The summed E-state index contributed by atoms with van der Waals surface area (Å²) in [5, 5.41) is 8.95. The minimum absolute atomic E-state index is 0. The minimum Gasteiger partial charge on any atom is -0.481 e. The van der Waals surface area contributed by atoms with E-state index in [1.54, 1.807) is 12.3 Å². The van der Waals surface area contributed by atoms with Gasteiger partial charge >= 0.3 is 11.9 Å². The van der Waals surface area contributed by atoms with Gasteiger partial charge in [0.2, 0.25) is 0 Å². The molecule has 3 heterocycles. The predicted molar refractivity (Wildman–Crippen MR) is 96.2 cm³/mol. The number of halogens is 1. The van der Waals surface area contributed by atoms with Gasteiger partial charge < -0.3 is 25.7 Å². The van der Waals surface area contributed by atoms with Gasteiger partial charge in [0.1, 0.15) is 0 Å². The molecule has 0 amide bonds. The number of carboxylic acids is 1. The van der Waals surface area contributed by atoms with Crippen LogP contribution in [-0.2, 0) is 11.2 Å². The largest absolute Gasteiger partial charge is 0.481 e. The van der Waals surface area contributed by atoms with Gasteiger partial charge in [0.05, 0.1) is 12.0 Å². The molecule has 0 spiro atoms. The van der Waals surface area contributed by atoms with E-state index in [1.807, 2.05) is 0 Å². The number of esters is 1. The molecular formula is C15H14ClN7O4. The van der Waals surface area contributed by atoms with Crippen molar-refractivity contribution >= 4 is 41.9 Å². The molecule has 5 N–H and O–H groups in total. The Kier molecular flexibility index (Phi) is 5.88. The summed E-state index contributed by atoms with van der Waals surface area (Å²) < 4.78 is 6.85. The molecule has 11 nitrogen and oxygen atoms in total. The molecule has 0 atom stereocenters. The summed E-state index contributed by atoms with van der Waals surface area (Å²) in [6, 6.07) is 3.02. The van der Waals surface area contributed by atoms with E-state index in [9.17, 15) is 9.59 Å². The highest BCUT2D eigenvalue weighted by Crippen LogP contribution is 2.21. The summed E-state index contributed by atoms with van der Waals surface area (Å²) in [6.45, 7) is 0. The van der Waals surface area contributed by atoms with Gasteiger partial charge in [0, 0.05) is 30.5 Å². The van der Waals surface area contributed by atoms with Gasteiger partial charge in [0.15, 0.2) is 17.4 Å². The first-order valence-electron chi connectivity index (χ1n) is 7.24. The minimum atomic E-state index is -0.984. The van der Waals surface area contributed by atoms with Crippen LogP contribution in [0, 0.1) is 0 Å². The molecule has 3 rings (SSSR count). The van der Waals surface area contributed by atoms with Gasteiger partial charge in [-0.05, 0) is 12.1 Å². The second kappa shape index (κ2) is 8.10. The standard InChI is InChI=1S/C15H13N7O4.ClH/c16-14(17)21-15-19-6-8(7-20-15)13(25)26-10-2-1-9(5-11(23)24)22-4-3-18-12(10)22;/h1-4,6-7H,5H2,(H,23,24)(H4,16,17,19,20,21);1H. The van der Waals surface area contributed by atoms with Crippen LogP contribution in [0.2, 0.25) is 0 Å². The Bertz CT molecular complexity index is 1010. The van der Waals surface area contributed by atoms with E-state index in [0.717, 1.165) is 0 Å². The van der Waals surface area contributed by atoms with Gasteiger partial charge in [-0.25, -0.2) is 19.7 Å². The molecule has 27 heavy (non-hydrogen) atoms. The van der Waals surface area contributed by atoms with Crippen LogP contribution >= 0.6 is 12.4 Å².